The number of hydrogen-bond donors (Lipinski definition) is 1. The van der Waals surface area contributed by atoms with Crippen molar-refractivity contribution in [1.29, 1.82) is 0 Å². The number of nitrogens with zero attached hydrogens (tertiary/aromatic N) is 1. The molecule has 0 saturated heterocycles. The van der Waals surface area contributed by atoms with Crippen LogP contribution in [0.1, 0.15) is 5.56 Å². The van der Waals surface area contributed by atoms with E-state index < -0.39 is 0 Å². The Labute approximate surface area is 93.0 Å². The fraction of sp³-hybridized carbons (Fsp3) is 0.444. The molecular weight excluding hydrogens is 220 g/mol. The van der Waals surface area contributed by atoms with Crippen LogP contribution in [-0.4, -0.2) is 24.5 Å². The van der Waals surface area contributed by atoms with Crippen molar-refractivity contribution in [2.75, 3.05) is 19.5 Å². The highest BCUT2D eigenvalue weighted by atomic mass is 35.5. The molecule has 0 aromatic carbocycles. The molecule has 2 N–H and O–H groups in total. The van der Waals surface area contributed by atoms with Crippen LogP contribution >= 0.6 is 23.4 Å². The van der Waals surface area contributed by atoms with E-state index in [-0.39, 0.29) is 0 Å². The first-order chi connectivity index (χ1) is 6.79. The van der Waals surface area contributed by atoms with Gasteiger partial charge in [0, 0.05) is 25.6 Å². The third-order valence-corrected chi connectivity index (χ3v) is 3.17. The van der Waals surface area contributed by atoms with E-state index in [4.69, 9.17) is 22.1 Å². The van der Waals surface area contributed by atoms with Crippen molar-refractivity contribution in [3.63, 3.8) is 0 Å². The minimum atomic E-state index is 0.444. The van der Waals surface area contributed by atoms with E-state index in [2.05, 4.69) is 4.98 Å². The van der Waals surface area contributed by atoms with Gasteiger partial charge >= 0.3 is 0 Å². The molecule has 1 aromatic rings. The highest BCUT2D eigenvalue weighted by Crippen LogP contribution is 2.27. The quantitative estimate of drug-likeness (QED) is 0.623. The Morgan fingerprint density at radius 3 is 3.07 bits per heavy atom. The number of thioether (sulfide) groups is 1. The van der Waals surface area contributed by atoms with Gasteiger partial charge in [0.05, 0.1) is 11.6 Å². The normalized spacial score (nSPS) is 10.5. The van der Waals surface area contributed by atoms with Gasteiger partial charge in [-0.3, -0.25) is 0 Å². The molecule has 0 unspecified atom stereocenters. The molecular formula is C9H13ClN2OS. The summed E-state index contributed by atoms with van der Waals surface area (Å²) in [5, 5.41) is 1.49. The summed E-state index contributed by atoms with van der Waals surface area (Å²) in [4.78, 5) is 4.18. The molecule has 0 aliphatic rings. The van der Waals surface area contributed by atoms with Gasteiger partial charge in [-0.1, -0.05) is 11.6 Å². The molecule has 0 radical (unpaired) electrons. The Hall–Kier alpha value is -0.290. The first kappa shape index (κ1) is 11.8. The highest BCUT2D eigenvalue weighted by Gasteiger charge is 2.06. The van der Waals surface area contributed by atoms with Gasteiger partial charge in [0.2, 0.25) is 0 Å². The van der Waals surface area contributed by atoms with Crippen molar-refractivity contribution < 1.29 is 4.74 Å². The molecule has 0 spiro atoms. The maximum absolute atomic E-state index is 6.08. The van der Waals surface area contributed by atoms with Crippen molar-refractivity contribution in [2.24, 2.45) is 5.73 Å². The number of halogens is 1. The fourth-order valence-corrected chi connectivity index (χ4v) is 2.13. The van der Waals surface area contributed by atoms with E-state index in [0.717, 1.165) is 16.3 Å². The van der Waals surface area contributed by atoms with E-state index in [1.54, 1.807) is 25.1 Å². The van der Waals surface area contributed by atoms with Gasteiger partial charge in [-0.05, 0) is 11.6 Å². The van der Waals surface area contributed by atoms with E-state index >= 15 is 0 Å². The number of rotatable bonds is 5. The summed E-state index contributed by atoms with van der Waals surface area (Å²) in [7, 11) is 1.67. The largest absolute Gasteiger partial charge is 0.384 e. The average Bonchev–Trinajstić information content (AvgIpc) is 2.21. The average molecular weight is 233 g/mol. The minimum Gasteiger partial charge on any atom is -0.384 e. The number of hydrogen-bond acceptors (Lipinski definition) is 4. The summed E-state index contributed by atoms with van der Waals surface area (Å²) >= 11 is 7.66. The van der Waals surface area contributed by atoms with Crippen molar-refractivity contribution >= 4 is 23.4 Å². The van der Waals surface area contributed by atoms with Gasteiger partial charge in [-0.2, -0.15) is 0 Å². The molecule has 5 heteroatoms. The Bertz CT molecular complexity index is 296. The molecule has 1 aromatic heterocycles. The SMILES string of the molecule is COCCSc1nccc(CN)c1Cl. The zero-order valence-corrected chi connectivity index (χ0v) is 9.57. The molecule has 0 fully saturated rings. The lowest BCUT2D eigenvalue weighted by Gasteiger charge is -2.05. The highest BCUT2D eigenvalue weighted by molar-refractivity contribution is 7.99. The molecule has 0 bridgehead atoms. The van der Waals surface area contributed by atoms with Crippen LogP contribution in [0.15, 0.2) is 17.3 Å². The van der Waals surface area contributed by atoms with Crippen LogP contribution in [0.2, 0.25) is 5.02 Å². The summed E-state index contributed by atoms with van der Waals surface area (Å²) in [6.07, 6.45) is 1.73. The van der Waals surface area contributed by atoms with E-state index in [1.165, 1.54) is 0 Å². The zero-order chi connectivity index (χ0) is 10.4. The predicted octanol–water partition coefficient (Wildman–Crippen LogP) is 1.93. The third kappa shape index (κ3) is 3.13. The molecule has 3 nitrogen and oxygen atoms in total. The lowest BCUT2D eigenvalue weighted by molar-refractivity contribution is 0.218. The van der Waals surface area contributed by atoms with Crippen molar-refractivity contribution in [3.05, 3.63) is 22.8 Å². The molecule has 14 heavy (non-hydrogen) atoms. The standard InChI is InChI=1S/C9H13ClN2OS/c1-13-4-5-14-9-8(10)7(6-11)2-3-12-9/h2-3H,4-6,11H2,1H3. The van der Waals surface area contributed by atoms with Crippen molar-refractivity contribution in [1.82, 2.24) is 4.98 Å². The van der Waals surface area contributed by atoms with Crippen molar-refractivity contribution in [3.8, 4) is 0 Å². The van der Waals surface area contributed by atoms with Crippen LogP contribution in [0.3, 0.4) is 0 Å². The van der Waals surface area contributed by atoms with Crippen LogP contribution in [0, 0.1) is 0 Å². The predicted molar refractivity (Wildman–Crippen MR) is 59.7 cm³/mol. The first-order valence-corrected chi connectivity index (χ1v) is 5.61. The molecule has 0 atom stereocenters. The Balaban J connectivity index is 2.66. The van der Waals surface area contributed by atoms with Gasteiger partial charge in [0.25, 0.3) is 0 Å². The van der Waals surface area contributed by atoms with Crippen LogP contribution in [0.5, 0.6) is 0 Å². The number of methoxy groups -OCH3 is 1. The molecule has 1 heterocycles. The van der Waals surface area contributed by atoms with Crippen LogP contribution in [0.4, 0.5) is 0 Å². The second kappa shape index (κ2) is 6.24. The van der Waals surface area contributed by atoms with E-state index in [1.807, 2.05) is 6.07 Å². The number of nitrogens with two attached hydrogens (primary N) is 1. The minimum absolute atomic E-state index is 0.444. The number of ether oxygens (including phenoxy) is 1. The summed E-state index contributed by atoms with van der Waals surface area (Å²) in [5.41, 5.74) is 6.46. The molecule has 0 saturated carbocycles. The summed E-state index contributed by atoms with van der Waals surface area (Å²) < 4.78 is 4.94. The zero-order valence-electron chi connectivity index (χ0n) is 8.00. The Morgan fingerprint density at radius 2 is 2.43 bits per heavy atom. The monoisotopic (exact) mass is 232 g/mol. The molecule has 0 aliphatic carbocycles. The van der Waals surface area contributed by atoms with Crippen LogP contribution in [-0.2, 0) is 11.3 Å². The van der Waals surface area contributed by atoms with Gasteiger partial charge in [-0.25, -0.2) is 4.98 Å². The van der Waals surface area contributed by atoms with Gasteiger partial charge in [0.1, 0.15) is 5.03 Å². The lowest BCUT2D eigenvalue weighted by Crippen LogP contribution is -1.99. The number of pyridine rings is 1. The first-order valence-electron chi connectivity index (χ1n) is 4.24. The maximum Gasteiger partial charge on any atom is 0.115 e. The summed E-state index contributed by atoms with van der Waals surface area (Å²) in [6.45, 7) is 1.13. The number of aromatic nitrogens is 1. The maximum atomic E-state index is 6.08. The lowest BCUT2D eigenvalue weighted by atomic mass is 10.3. The fourth-order valence-electron chi connectivity index (χ4n) is 0.942. The van der Waals surface area contributed by atoms with E-state index in [0.29, 0.717) is 18.2 Å². The van der Waals surface area contributed by atoms with E-state index in [9.17, 15) is 0 Å². The van der Waals surface area contributed by atoms with Gasteiger partial charge in [0.15, 0.2) is 0 Å². The van der Waals surface area contributed by atoms with Gasteiger partial charge in [-0.15, -0.1) is 11.8 Å². The third-order valence-electron chi connectivity index (χ3n) is 1.68. The Morgan fingerprint density at radius 1 is 1.64 bits per heavy atom. The smallest absolute Gasteiger partial charge is 0.115 e. The molecule has 1 rings (SSSR count). The summed E-state index contributed by atoms with van der Waals surface area (Å²) in [5.74, 6) is 0.844. The van der Waals surface area contributed by atoms with Gasteiger partial charge < -0.3 is 10.5 Å². The molecule has 0 aliphatic heterocycles. The second-order valence-corrected chi connectivity index (χ2v) is 4.10. The van der Waals surface area contributed by atoms with Crippen LogP contribution < -0.4 is 5.73 Å². The van der Waals surface area contributed by atoms with Crippen molar-refractivity contribution in [2.45, 2.75) is 11.6 Å². The summed E-state index contributed by atoms with van der Waals surface area (Å²) in [6, 6.07) is 1.84. The molecule has 0 amide bonds. The topological polar surface area (TPSA) is 48.1 Å². The second-order valence-electron chi connectivity index (χ2n) is 2.63. The van der Waals surface area contributed by atoms with Crippen LogP contribution in [0.25, 0.3) is 0 Å². The Kier molecular flexibility index (Phi) is 5.25. The molecule has 78 valence electrons.